The third-order valence-electron chi connectivity index (χ3n) is 7.11. The van der Waals surface area contributed by atoms with Gasteiger partial charge in [-0.25, -0.2) is 19.5 Å². The normalized spacial score (nSPS) is 19.6. The first-order chi connectivity index (χ1) is 19.3. The molecule has 3 N–H and O–H groups in total. The summed E-state index contributed by atoms with van der Waals surface area (Å²) in [5.74, 6) is -1.03. The van der Waals surface area contributed by atoms with E-state index in [1.807, 2.05) is 36.4 Å². The Kier molecular flexibility index (Phi) is 7.47. The molecule has 2 fully saturated rings. The largest absolute Gasteiger partial charge is 0.368 e. The van der Waals surface area contributed by atoms with Gasteiger partial charge in [0.15, 0.2) is 0 Å². The number of nitrogens with one attached hydrogen (secondary N) is 1. The highest BCUT2D eigenvalue weighted by Gasteiger charge is 2.49. The van der Waals surface area contributed by atoms with Crippen molar-refractivity contribution < 1.29 is 19.2 Å². The van der Waals surface area contributed by atoms with Gasteiger partial charge in [0.05, 0.1) is 18.6 Å². The van der Waals surface area contributed by atoms with E-state index in [1.54, 1.807) is 35.0 Å². The number of amides is 5. The predicted octanol–water partition coefficient (Wildman–Crippen LogP) is 0.430. The van der Waals surface area contributed by atoms with E-state index in [-0.39, 0.29) is 50.6 Å². The second-order valence-electron chi connectivity index (χ2n) is 9.80. The quantitative estimate of drug-likeness (QED) is 0.390. The van der Waals surface area contributed by atoms with Crippen LogP contribution in [0.5, 0.6) is 0 Å². The minimum Gasteiger partial charge on any atom is -0.368 e. The van der Waals surface area contributed by atoms with Gasteiger partial charge in [-0.1, -0.05) is 53.8 Å². The fourth-order valence-corrected chi connectivity index (χ4v) is 5.30. The average molecular weight is 546 g/mol. The Morgan fingerprint density at radius 2 is 1.93 bits per heavy atom. The minimum absolute atomic E-state index is 0.0544. The van der Waals surface area contributed by atoms with Gasteiger partial charge < -0.3 is 20.9 Å². The Morgan fingerprint density at radius 1 is 1.15 bits per heavy atom. The van der Waals surface area contributed by atoms with E-state index in [0.29, 0.717) is 23.1 Å². The molecule has 2 saturated heterocycles. The molecular formula is C27H31N9O4. The molecule has 2 aromatic carbocycles. The molecule has 0 bridgehead atoms. The first kappa shape index (κ1) is 26.8. The lowest BCUT2D eigenvalue weighted by Crippen LogP contribution is -2.75. The van der Waals surface area contributed by atoms with Crippen molar-refractivity contribution in [2.75, 3.05) is 19.6 Å². The fourth-order valence-electron chi connectivity index (χ4n) is 5.30. The van der Waals surface area contributed by atoms with E-state index >= 15 is 0 Å². The van der Waals surface area contributed by atoms with E-state index in [1.165, 1.54) is 14.6 Å². The minimum atomic E-state index is -0.786. The van der Waals surface area contributed by atoms with Crippen molar-refractivity contribution in [2.24, 2.45) is 5.73 Å². The number of nitrogens with zero attached hydrogens (tertiary/aromatic N) is 7. The van der Waals surface area contributed by atoms with Crippen molar-refractivity contribution in [3.05, 3.63) is 72.3 Å². The number of carbonyl (C=O) groups is 4. The SMILES string of the molecule is C=CCN1CC(=O)N2[C@@H](C)C(=O)N(Cc3cccc4c3nnn4CC(N)=O)C[C@@H]2N1C(=O)NCc1ccccc1. The van der Waals surface area contributed by atoms with E-state index in [0.717, 1.165) is 5.56 Å². The number of nitrogens with two attached hydrogens (primary N) is 1. The molecule has 3 aromatic rings. The van der Waals surface area contributed by atoms with Crippen LogP contribution in [0.1, 0.15) is 18.1 Å². The average Bonchev–Trinajstić information content (AvgIpc) is 3.34. The number of primary amides is 1. The number of fused-ring (bicyclic) bond motifs is 2. The van der Waals surface area contributed by atoms with Gasteiger partial charge in [0.2, 0.25) is 17.7 Å². The first-order valence-electron chi connectivity index (χ1n) is 12.9. The maximum absolute atomic E-state index is 13.6. The number of rotatable bonds is 8. The van der Waals surface area contributed by atoms with Gasteiger partial charge in [0, 0.05) is 25.2 Å². The molecule has 0 spiro atoms. The van der Waals surface area contributed by atoms with Crippen LogP contribution in [0.3, 0.4) is 0 Å². The van der Waals surface area contributed by atoms with Crippen LogP contribution >= 0.6 is 0 Å². The van der Waals surface area contributed by atoms with Crippen molar-refractivity contribution in [3.8, 4) is 0 Å². The maximum atomic E-state index is 13.6. The molecule has 2 atom stereocenters. The molecule has 0 saturated carbocycles. The van der Waals surface area contributed by atoms with E-state index in [9.17, 15) is 19.2 Å². The van der Waals surface area contributed by atoms with Crippen LogP contribution in [0.15, 0.2) is 61.2 Å². The fraction of sp³-hybridized carbons (Fsp3) is 0.333. The molecule has 5 rings (SSSR count). The molecule has 0 unspecified atom stereocenters. The summed E-state index contributed by atoms with van der Waals surface area (Å²) < 4.78 is 1.41. The molecule has 2 aliphatic heterocycles. The van der Waals surface area contributed by atoms with Crippen molar-refractivity contribution >= 4 is 34.8 Å². The first-order valence-corrected chi connectivity index (χ1v) is 12.9. The summed E-state index contributed by atoms with van der Waals surface area (Å²) in [7, 11) is 0. The van der Waals surface area contributed by atoms with Gasteiger partial charge >= 0.3 is 6.03 Å². The number of hydrogen-bond donors (Lipinski definition) is 2. The molecular weight excluding hydrogens is 514 g/mol. The summed E-state index contributed by atoms with van der Waals surface area (Å²) in [6.07, 6.45) is 0.903. The second kappa shape index (κ2) is 11.1. The van der Waals surface area contributed by atoms with Gasteiger partial charge in [-0.15, -0.1) is 11.7 Å². The molecule has 0 aliphatic carbocycles. The zero-order chi connectivity index (χ0) is 28.4. The summed E-state index contributed by atoms with van der Waals surface area (Å²) >= 11 is 0. The molecule has 5 amide bonds. The highest BCUT2D eigenvalue weighted by atomic mass is 16.2. The highest BCUT2D eigenvalue weighted by Crippen LogP contribution is 2.28. The van der Waals surface area contributed by atoms with Crippen LogP contribution in [-0.2, 0) is 34.0 Å². The molecule has 3 heterocycles. The molecule has 13 heteroatoms. The lowest BCUT2D eigenvalue weighted by molar-refractivity contribution is -0.188. The standard InChI is InChI=1S/C27H31N9O4/c1-3-12-33-17-24(38)35-18(2)26(39)32(14-20-10-7-11-21-25(20)30-31-34(21)15-22(28)37)16-23(35)36(33)27(40)29-13-19-8-5-4-6-9-19/h3-11,18,23H,1,12-17H2,2H3,(H2,28,37)(H,29,40)/t18-,23-/m0/s1. The zero-order valence-corrected chi connectivity index (χ0v) is 22.1. The Hall–Kier alpha value is -4.78. The zero-order valence-electron chi connectivity index (χ0n) is 22.1. The van der Waals surface area contributed by atoms with Crippen molar-refractivity contribution in [1.82, 2.24) is 40.1 Å². The maximum Gasteiger partial charge on any atom is 0.334 e. The van der Waals surface area contributed by atoms with Gasteiger partial charge in [-0.3, -0.25) is 14.4 Å². The third kappa shape index (κ3) is 5.10. The smallest absolute Gasteiger partial charge is 0.334 e. The molecule has 40 heavy (non-hydrogen) atoms. The monoisotopic (exact) mass is 545 g/mol. The van der Waals surface area contributed by atoms with Crippen LogP contribution < -0.4 is 11.1 Å². The predicted molar refractivity (Wildman–Crippen MR) is 145 cm³/mol. The number of benzene rings is 2. The second-order valence-corrected chi connectivity index (χ2v) is 9.80. The van der Waals surface area contributed by atoms with E-state index in [2.05, 4.69) is 22.2 Å². The lowest BCUT2D eigenvalue weighted by Gasteiger charge is -2.54. The molecule has 1 aromatic heterocycles. The number of hydrazine groups is 1. The third-order valence-corrected chi connectivity index (χ3v) is 7.11. The van der Waals surface area contributed by atoms with Crippen molar-refractivity contribution in [2.45, 2.75) is 38.8 Å². The Bertz CT molecular complexity index is 1460. The number of hydrogen-bond acceptors (Lipinski definition) is 7. The van der Waals surface area contributed by atoms with E-state index in [4.69, 9.17) is 5.73 Å². The lowest BCUT2D eigenvalue weighted by atomic mass is 10.1. The Morgan fingerprint density at radius 3 is 2.65 bits per heavy atom. The van der Waals surface area contributed by atoms with Crippen LogP contribution in [0, 0.1) is 0 Å². The molecule has 0 radical (unpaired) electrons. The highest BCUT2D eigenvalue weighted by molar-refractivity contribution is 5.91. The Labute approximate surface area is 230 Å². The van der Waals surface area contributed by atoms with Crippen LogP contribution in [0.4, 0.5) is 4.79 Å². The van der Waals surface area contributed by atoms with Crippen molar-refractivity contribution in [3.63, 3.8) is 0 Å². The number of piperazine rings is 1. The Balaban J connectivity index is 1.43. The van der Waals surface area contributed by atoms with Crippen LogP contribution in [0.25, 0.3) is 11.0 Å². The van der Waals surface area contributed by atoms with Crippen molar-refractivity contribution in [1.29, 1.82) is 0 Å². The topological polar surface area (TPSA) is 150 Å². The molecule has 2 aliphatic rings. The van der Waals surface area contributed by atoms with E-state index < -0.39 is 18.1 Å². The van der Waals surface area contributed by atoms with Crippen LogP contribution in [0.2, 0.25) is 0 Å². The van der Waals surface area contributed by atoms with Crippen LogP contribution in [-0.4, -0.2) is 90.4 Å². The number of urea groups is 1. The molecule has 208 valence electrons. The summed E-state index contributed by atoms with van der Waals surface area (Å²) in [5.41, 5.74) is 8.13. The summed E-state index contributed by atoms with van der Waals surface area (Å²) in [6, 6.07) is 13.7. The van der Waals surface area contributed by atoms with Gasteiger partial charge in [-0.2, -0.15) is 0 Å². The summed E-state index contributed by atoms with van der Waals surface area (Å²) in [4.78, 5) is 54.8. The van der Waals surface area contributed by atoms with Gasteiger partial charge in [0.1, 0.15) is 24.3 Å². The number of aromatic nitrogens is 3. The van der Waals surface area contributed by atoms with Gasteiger partial charge in [0.25, 0.3) is 0 Å². The van der Waals surface area contributed by atoms with Gasteiger partial charge in [-0.05, 0) is 18.6 Å². The molecule has 13 nitrogen and oxygen atoms in total. The summed E-state index contributed by atoms with van der Waals surface area (Å²) in [5, 5.41) is 14.4. The summed E-state index contributed by atoms with van der Waals surface area (Å²) in [6.45, 7) is 6.13. The number of carbonyl (C=O) groups excluding carboxylic acids is 4.